The number of fused-ring (bicyclic) bond motifs is 3. The minimum atomic E-state index is -0.764. The molecular weight excluding hydrogens is 431 g/mol. The normalized spacial score (nSPS) is 15.6. The van der Waals surface area contributed by atoms with Crippen LogP contribution in [0.5, 0.6) is 0 Å². The van der Waals surface area contributed by atoms with E-state index in [-0.39, 0.29) is 17.1 Å². The predicted octanol–water partition coefficient (Wildman–Crippen LogP) is 2.05. The number of ether oxygens (including phenoxy) is 2. The van der Waals surface area contributed by atoms with Gasteiger partial charge in [0.15, 0.2) is 5.69 Å². The molecule has 1 fully saturated rings. The molecule has 1 aliphatic rings. The Morgan fingerprint density at radius 3 is 2.73 bits per heavy atom. The van der Waals surface area contributed by atoms with E-state index in [1.807, 2.05) is 13.8 Å². The summed E-state index contributed by atoms with van der Waals surface area (Å²) in [5.74, 6) is 0.0534. The van der Waals surface area contributed by atoms with Crippen LogP contribution in [0, 0.1) is 5.82 Å². The van der Waals surface area contributed by atoms with Gasteiger partial charge in [-0.3, -0.25) is 14.1 Å². The van der Waals surface area contributed by atoms with Gasteiger partial charge in [0.05, 0.1) is 24.2 Å². The number of hydrogen-bond acceptors (Lipinski definition) is 8. The maximum absolute atomic E-state index is 14.1. The van der Waals surface area contributed by atoms with Crippen LogP contribution in [0.25, 0.3) is 28.1 Å². The van der Waals surface area contributed by atoms with Crippen molar-refractivity contribution in [1.82, 2.24) is 29.0 Å². The molecule has 10 nitrogen and oxygen atoms in total. The van der Waals surface area contributed by atoms with Crippen LogP contribution in [-0.2, 0) is 21.6 Å². The van der Waals surface area contributed by atoms with Gasteiger partial charge in [0.2, 0.25) is 5.82 Å². The minimum Gasteiger partial charge on any atom is -0.379 e. The lowest BCUT2D eigenvalue weighted by Crippen LogP contribution is -2.39. The van der Waals surface area contributed by atoms with Gasteiger partial charge in [-0.1, -0.05) is 5.16 Å². The van der Waals surface area contributed by atoms with E-state index in [2.05, 4.69) is 20.0 Å². The van der Waals surface area contributed by atoms with E-state index < -0.39 is 11.4 Å². The second kappa shape index (κ2) is 8.32. The van der Waals surface area contributed by atoms with Crippen molar-refractivity contribution in [3.8, 4) is 11.6 Å². The number of halogens is 1. The van der Waals surface area contributed by atoms with Crippen LogP contribution in [0.2, 0.25) is 0 Å². The van der Waals surface area contributed by atoms with Crippen LogP contribution in [0.15, 0.2) is 33.8 Å². The van der Waals surface area contributed by atoms with Crippen LogP contribution in [0.1, 0.15) is 19.7 Å². The number of aromatic nitrogens is 5. The highest BCUT2D eigenvalue weighted by Crippen LogP contribution is 2.27. The van der Waals surface area contributed by atoms with E-state index in [0.717, 1.165) is 13.1 Å². The Bertz CT molecular complexity index is 1370. The maximum atomic E-state index is 14.1. The molecular formula is C22H25FN6O4. The topological polar surface area (TPSA) is 99.9 Å². The van der Waals surface area contributed by atoms with Crippen molar-refractivity contribution in [2.75, 3.05) is 40.0 Å². The second-order valence-electron chi connectivity index (χ2n) is 8.49. The average Bonchev–Trinajstić information content (AvgIpc) is 3.48. The van der Waals surface area contributed by atoms with Crippen LogP contribution >= 0.6 is 0 Å². The van der Waals surface area contributed by atoms with Crippen molar-refractivity contribution in [1.29, 1.82) is 0 Å². The number of imidazole rings is 1. The molecule has 3 aromatic heterocycles. The molecule has 1 saturated heterocycles. The van der Waals surface area contributed by atoms with E-state index in [1.165, 1.54) is 18.5 Å². The SMILES string of the molecule is COC(C)(C)c1noc(-c2ncn3c2c(=O)n(CCN2CCOCC2)c2cc(F)ccc23)n1. The first-order valence-corrected chi connectivity index (χ1v) is 10.8. The summed E-state index contributed by atoms with van der Waals surface area (Å²) < 4.78 is 33.6. The van der Waals surface area contributed by atoms with Gasteiger partial charge in [0.25, 0.3) is 11.4 Å². The zero-order chi connectivity index (χ0) is 23.2. The molecule has 4 heterocycles. The first kappa shape index (κ1) is 21.7. The Balaban J connectivity index is 1.65. The molecule has 33 heavy (non-hydrogen) atoms. The van der Waals surface area contributed by atoms with Crippen LogP contribution < -0.4 is 5.56 Å². The molecule has 0 bridgehead atoms. The highest BCUT2D eigenvalue weighted by Gasteiger charge is 2.28. The number of methoxy groups -OCH3 is 1. The molecule has 1 aromatic carbocycles. The van der Waals surface area contributed by atoms with Gasteiger partial charge in [-0.15, -0.1) is 0 Å². The molecule has 0 N–H and O–H groups in total. The van der Waals surface area contributed by atoms with E-state index >= 15 is 0 Å². The van der Waals surface area contributed by atoms with E-state index in [4.69, 9.17) is 14.0 Å². The first-order valence-electron chi connectivity index (χ1n) is 10.8. The fraction of sp³-hybridized carbons (Fsp3) is 0.455. The number of hydrogen-bond donors (Lipinski definition) is 0. The summed E-state index contributed by atoms with van der Waals surface area (Å²) in [7, 11) is 1.56. The van der Waals surface area contributed by atoms with E-state index in [9.17, 15) is 9.18 Å². The Morgan fingerprint density at radius 2 is 1.97 bits per heavy atom. The Hall–Kier alpha value is -3.15. The molecule has 11 heteroatoms. The van der Waals surface area contributed by atoms with Crippen molar-refractivity contribution in [2.24, 2.45) is 0 Å². The molecule has 174 valence electrons. The second-order valence-corrected chi connectivity index (χ2v) is 8.49. The summed E-state index contributed by atoms with van der Waals surface area (Å²) in [6.07, 6.45) is 1.52. The van der Waals surface area contributed by atoms with Gasteiger partial charge in [-0.2, -0.15) is 4.98 Å². The third-order valence-corrected chi connectivity index (χ3v) is 6.12. The molecule has 0 saturated carbocycles. The van der Waals surface area contributed by atoms with Crippen molar-refractivity contribution >= 4 is 16.6 Å². The summed E-state index contributed by atoms with van der Waals surface area (Å²) in [6.45, 7) is 7.57. The summed E-state index contributed by atoms with van der Waals surface area (Å²) in [5, 5.41) is 4.01. The lowest BCUT2D eigenvalue weighted by atomic mass is 10.1. The smallest absolute Gasteiger partial charge is 0.279 e. The number of morpholine rings is 1. The van der Waals surface area contributed by atoms with Crippen molar-refractivity contribution in [3.63, 3.8) is 0 Å². The first-order chi connectivity index (χ1) is 15.9. The quantitative estimate of drug-likeness (QED) is 0.435. The summed E-state index contributed by atoms with van der Waals surface area (Å²) >= 11 is 0. The van der Waals surface area contributed by atoms with Gasteiger partial charge < -0.3 is 18.6 Å². The number of benzene rings is 1. The van der Waals surface area contributed by atoms with Gasteiger partial charge in [-0.25, -0.2) is 9.37 Å². The summed E-state index contributed by atoms with van der Waals surface area (Å²) in [4.78, 5) is 24.7. The van der Waals surface area contributed by atoms with Gasteiger partial charge in [-0.05, 0) is 32.0 Å². The summed E-state index contributed by atoms with van der Waals surface area (Å²) in [6, 6.07) is 4.38. The van der Waals surface area contributed by atoms with Crippen LogP contribution in [0.4, 0.5) is 4.39 Å². The minimum absolute atomic E-state index is 0.121. The van der Waals surface area contributed by atoms with Crippen molar-refractivity contribution < 1.29 is 18.4 Å². The number of rotatable bonds is 6. The Labute approximate surface area is 188 Å². The van der Waals surface area contributed by atoms with Gasteiger partial charge >= 0.3 is 0 Å². The fourth-order valence-electron chi connectivity index (χ4n) is 3.99. The number of nitrogens with zero attached hydrogens (tertiary/aromatic N) is 6. The molecule has 0 spiro atoms. The molecule has 0 atom stereocenters. The molecule has 5 rings (SSSR count). The van der Waals surface area contributed by atoms with Gasteiger partial charge in [0.1, 0.15) is 23.3 Å². The molecule has 0 radical (unpaired) electrons. The lowest BCUT2D eigenvalue weighted by Gasteiger charge is -2.27. The maximum Gasteiger partial charge on any atom is 0.279 e. The van der Waals surface area contributed by atoms with Crippen LogP contribution in [0.3, 0.4) is 0 Å². The molecule has 4 aromatic rings. The van der Waals surface area contributed by atoms with Crippen molar-refractivity contribution in [3.05, 3.63) is 46.5 Å². The Morgan fingerprint density at radius 1 is 1.18 bits per heavy atom. The Kier molecular flexibility index (Phi) is 5.47. The zero-order valence-electron chi connectivity index (χ0n) is 18.7. The highest BCUT2D eigenvalue weighted by atomic mass is 19.1. The predicted molar refractivity (Wildman–Crippen MR) is 118 cm³/mol. The van der Waals surface area contributed by atoms with E-state index in [0.29, 0.717) is 48.7 Å². The van der Waals surface area contributed by atoms with Crippen LogP contribution in [-0.4, -0.2) is 69.0 Å². The fourth-order valence-corrected chi connectivity index (χ4v) is 3.99. The standard InChI is InChI=1S/C22H25FN6O4/c1-22(2,31-3)21-25-19(33-26-21)17-18-20(30)28(7-6-27-8-10-32-11-9-27)16-12-14(23)4-5-15(16)29(18)13-24-17/h4-5,12-13H,6-11H2,1-3H3. The molecule has 0 aliphatic carbocycles. The third kappa shape index (κ3) is 3.81. The van der Waals surface area contributed by atoms with E-state index in [1.54, 1.807) is 22.1 Å². The largest absolute Gasteiger partial charge is 0.379 e. The highest BCUT2D eigenvalue weighted by molar-refractivity contribution is 5.83. The van der Waals surface area contributed by atoms with Crippen molar-refractivity contribution in [2.45, 2.75) is 26.0 Å². The summed E-state index contributed by atoms with van der Waals surface area (Å²) in [5.41, 5.74) is 0.651. The zero-order valence-corrected chi connectivity index (χ0v) is 18.7. The lowest BCUT2D eigenvalue weighted by molar-refractivity contribution is 0.00973. The molecule has 0 unspecified atom stereocenters. The van der Waals surface area contributed by atoms with Gasteiger partial charge in [0, 0.05) is 33.3 Å². The molecule has 1 aliphatic heterocycles. The average molecular weight is 456 g/mol. The third-order valence-electron chi connectivity index (χ3n) is 6.12. The molecule has 0 amide bonds. The monoisotopic (exact) mass is 456 g/mol.